The number of rotatable bonds is 4. The zero-order chi connectivity index (χ0) is 12.0. The van der Waals surface area contributed by atoms with Crippen molar-refractivity contribution in [3.8, 4) is 5.75 Å². The van der Waals surface area contributed by atoms with Crippen LogP contribution in [0.3, 0.4) is 0 Å². The molecule has 0 aliphatic rings. The van der Waals surface area contributed by atoms with Crippen molar-refractivity contribution in [3.05, 3.63) is 24.3 Å². The molecule has 4 nitrogen and oxygen atoms in total. The number of aliphatic hydroxyl groups is 1. The van der Waals surface area contributed by atoms with Gasteiger partial charge in [0.25, 0.3) is 0 Å². The number of thiocarbonyl (C=S) groups is 1. The van der Waals surface area contributed by atoms with Gasteiger partial charge in [0, 0.05) is 18.3 Å². The third kappa shape index (κ3) is 4.46. The van der Waals surface area contributed by atoms with Gasteiger partial charge < -0.3 is 20.5 Å². The lowest BCUT2D eigenvalue weighted by Gasteiger charge is -2.12. The Bertz CT molecular complexity index is 356. The van der Waals surface area contributed by atoms with E-state index in [1.807, 2.05) is 24.3 Å². The van der Waals surface area contributed by atoms with E-state index in [4.69, 9.17) is 22.1 Å². The molecule has 0 aliphatic carbocycles. The summed E-state index contributed by atoms with van der Waals surface area (Å²) in [6.07, 6.45) is -0.426. The molecule has 0 heterocycles. The monoisotopic (exact) mass is 240 g/mol. The molecule has 0 aromatic heterocycles. The van der Waals surface area contributed by atoms with Crippen molar-refractivity contribution in [2.45, 2.75) is 13.0 Å². The third-order valence-electron chi connectivity index (χ3n) is 1.89. The largest absolute Gasteiger partial charge is 0.497 e. The average molecular weight is 240 g/mol. The third-order valence-corrected chi connectivity index (χ3v) is 2.13. The van der Waals surface area contributed by atoms with Crippen molar-refractivity contribution in [2.75, 3.05) is 19.0 Å². The Labute approximate surface area is 101 Å². The Morgan fingerprint density at radius 2 is 2.31 bits per heavy atom. The number of nitrogens with one attached hydrogen (secondary N) is 2. The molecular weight excluding hydrogens is 224 g/mol. The molecule has 1 atom stereocenters. The van der Waals surface area contributed by atoms with Gasteiger partial charge in [-0.3, -0.25) is 0 Å². The summed E-state index contributed by atoms with van der Waals surface area (Å²) < 4.78 is 5.09. The van der Waals surface area contributed by atoms with E-state index in [0.717, 1.165) is 11.4 Å². The van der Waals surface area contributed by atoms with Crippen LogP contribution in [0.25, 0.3) is 0 Å². The van der Waals surface area contributed by atoms with E-state index in [9.17, 15) is 0 Å². The summed E-state index contributed by atoms with van der Waals surface area (Å²) in [4.78, 5) is 0. The number of anilines is 1. The topological polar surface area (TPSA) is 53.5 Å². The number of hydrogen-bond acceptors (Lipinski definition) is 3. The van der Waals surface area contributed by atoms with Crippen LogP contribution in [0.5, 0.6) is 5.75 Å². The number of aliphatic hydroxyl groups excluding tert-OH is 1. The number of methoxy groups -OCH3 is 1. The molecule has 1 aromatic carbocycles. The molecule has 0 radical (unpaired) electrons. The standard InChI is InChI=1S/C11H16N2O2S/c1-8(14)7-12-11(16)13-9-4-3-5-10(6-9)15-2/h3-6,8,14H,7H2,1-2H3,(H2,12,13,16)/t8-/m0/s1. The first-order valence-electron chi connectivity index (χ1n) is 4.99. The van der Waals surface area contributed by atoms with Gasteiger partial charge in [-0.2, -0.15) is 0 Å². The van der Waals surface area contributed by atoms with Crippen LogP contribution < -0.4 is 15.4 Å². The van der Waals surface area contributed by atoms with E-state index in [-0.39, 0.29) is 0 Å². The Morgan fingerprint density at radius 3 is 2.94 bits per heavy atom. The van der Waals surface area contributed by atoms with E-state index in [0.29, 0.717) is 11.7 Å². The molecule has 16 heavy (non-hydrogen) atoms. The highest BCUT2D eigenvalue weighted by Gasteiger charge is 2.00. The van der Waals surface area contributed by atoms with Crippen molar-refractivity contribution in [1.82, 2.24) is 5.32 Å². The average Bonchev–Trinajstić information content (AvgIpc) is 2.26. The van der Waals surface area contributed by atoms with Gasteiger partial charge in [-0.1, -0.05) is 6.07 Å². The molecule has 88 valence electrons. The fourth-order valence-corrected chi connectivity index (χ4v) is 1.32. The highest BCUT2D eigenvalue weighted by atomic mass is 32.1. The summed E-state index contributed by atoms with van der Waals surface area (Å²) in [7, 11) is 1.61. The van der Waals surface area contributed by atoms with Gasteiger partial charge >= 0.3 is 0 Å². The van der Waals surface area contributed by atoms with Gasteiger partial charge in [0.05, 0.1) is 13.2 Å². The Hall–Kier alpha value is -1.33. The Balaban J connectivity index is 2.49. The molecule has 1 rings (SSSR count). The fourth-order valence-electron chi connectivity index (χ4n) is 1.12. The number of benzene rings is 1. The summed E-state index contributed by atoms with van der Waals surface area (Å²) in [5, 5.41) is 15.5. The zero-order valence-electron chi connectivity index (χ0n) is 9.36. The summed E-state index contributed by atoms with van der Waals surface area (Å²) in [5.74, 6) is 0.767. The van der Waals surface area contributed by atoms with Gasteiger partial charge in [-0.25, -0.2) is 0 Å². The smallest absolute Gasteiger partial charge is 0.170 e. The van der Waals surface area contributed by atoms with Crippen LogP contribution in [0.15, 0.2) is 24.3 Å². The summed E-state index contributed by atoms with van der Waals surface area (Å²) >= 11 is 5.06. The van der Waals surface area contributed by atoms with E-state index in [1.54, 1.807) is 14.0 Å². The lowest BCUT2D eigenvalue weighted by Crippen LogP contribution is -2.33. The van der Waals surface area contributed by atoms with E-state index < -0.39 is 6.10 Å². The molecule has 0 amide bonds. The van der Waals surface area contributed by atoms with Crippen molar-refractivity contribution in [2.24, 2.45) is 0 Å². The SMILES string of the molecule is COc1cccc(NC(=S)NC[C@H](C)O)c1. The first kappa shape index (κ1) is 12.7. The minimum atomic E-state index is -0.426. The van der Waals surface area contributed by atoms with Crippen LogP contribution in [0, 0.1) is 0 Å². The summed E-state index contributed by atoms with van der Waals surface area (Å²) in [5.41, 5.74) is 0.849. The molecular formula is C11H16N2O2S. The quantitative estimate of drug-likeness (QED) is 0.694. The second-order valence-corrected chi connectivity index (χ2v) is 3.82. The van der Waals surface area contributed by atoms with Crippen molar-refractivity contribution < 1.29 is 9.84 Å². The molecule has 0 fully saturated rings. The molecule has 0 aliphatic heterocycles. The van der Waals surface area contributed by atoms with E-state index in [1.165, 1.54) is 0 Å². The zero-order valence-corrected chi connectivity index (χ0v) is 10.2. The van der Waals surface area contributed by atoms with Gasteiger partial charge in [0.15, 0.2) is 5.11 Å². The minimum absolute atomic E-state index is 0.426. The van der Waals surface area contributed by atoms with E-state index in [2.05, 4.69) is 10.6 Å². The lowest BCUT2D eigenvalue weighted by atomic mass is 10.3. The van der Waals surface area contributed by atoms with Crippen LogP contribution in [0.1, 0.15) is 6.92 Å². The first-order valence-corrected chi connectivity index (χ1v) is 5.39. The molecule has 1 aromatic rings. The maximum atomic E-state index is 9.08. The second-order valence-electron chi connectivity index (χ2n) is 3.42. The molecule has 0 unspecified atom stereocenters. The van der Waals surface area contributed by atoms with E-state index >= 15 is 0 Å². The van der Waals surface area contributed by atoms with Gasteiger partial charge in [-0.05, 0) is 31.3 Å². The highest BCUT2D eigenvalue weighted by molar-refractivity contribution is 7.80. The predicted octanol–water partition coefficient (Wildman–Crippen LogP) is 1.36. The molecule has 0 saturated heterocycles. The van der Waals surface area contributed by atoms with Gasteiger partial charge in [0.2, 0.25) is 0 Å². The number of ether oxygens (including phenoxy) is 1. The maximum absolute atomic E-state index is 9.08. The molecule has 5 heteroatoms. The molecule has 0 saturated carbocycles. The van der Waals surface area contributed by atoms with Crippen LogP contribution >= 0.6 is 12.2 Å². The second kappa shape index (κ2) is 6.30. The molecule has 3 N–H and O–H groups in total. The maximum Gasteiger partial charge on any atom is 0.170 e. The van der Waals surface area contributed by atoms with Crippen molar-refractivity contribution >= 4 is 23.0 Å². The Kier molecular flexibility index (Phi) is 5.01. The summed E-state index contributed by atoms with van der Waals surface area (Å²) in [6.45, 7) is 2.12. The van der Waals surface area contributed by atoms with Crippen LogP contribution in [0.2, 0.25) is 0 Å². The van der Waals surface area contributed by atoms with Gasteiger partial charge in [-0.15, -0.1) is 0 Å². The first-order chi connectivity index (χ1) is 7.61. The van der Waals surface area contributed by atoms with Gasteiger partial charge in [0.1, 0.15) is 5.75 Å². The fraction of sp³-hybridized carbons (Fsp3) is 0.364. The van der Waals surface area contributed by atoms with Crippen LogP contribution in [-0.4, -0.2) is 30.0 Å². The molecule has 0 bridgehead atoms. The Morgan fingerprint density at radius 1 is 1.56 bits per heavy atom. The van der Waals surface area contributed by atoms with Crippen molar-refractivity contribution in [1.29, 1.82) is 0 Å². The molecule has 0 spiro atoms. The number of hydrogen-bond donors (Lipinski definition) is 3. The normalized spacial score (nSPS) is 11.7. The van der Waals surface area contributed by atoms with Crippen LogP contribution in [-0.2, 0) is 0 Å². The highest BCUT2D eigenvalue weighted by Crippen LogP contribution is 2.16. The minimum Gasteiger partial charge on any atom is -0.497 e. The summed E-state index contributed by atoms with van der Waals surface area (Å²) in [6, 6.07) is 7.46. The van der Waals surface area contributed by atoms with Crippen LogP contribution in [0.4, 0.5) is 5.69 Å². The van der Waals surface area contributed by atoms with Crippen molar-refractivity contribution in [3.63, 3.8) is 0 Å². The lowest BCUT2D eigenvalue weighted by molar-refractivity contribution is 0.198. The predicted molar refractivity (Wildman–Crippen MR) is 68.9 cm³/mol.